The standard InChI is InChI=1S/C7H4ClF3N2O2/c8-4-2-1-3(7(9,10)11)6(5(4)12)13(14)15/h1-2H,12H2. The Labute approximate surface area is 86.6 Å². The van der Waals surface area contributed by atoms with Gasteiger partial charge >= 0.3 is 11.9 Å². The number of alkyl halides is 3. The summed E-state index contributed by atoms with van der Waals surface area (Å²) in [5, 5.41) is 10.1. The first-order chi connectivity index (χ1) is 6.75. The predicted molar refractivity (Wildman–Crippen MR) is 47.5 cm³/mol. The van der Waals surface area contributed by atoms with E-state index in [0.717, 1.165) is 6.07 Å². The van der Waals surface area contributed by atoms with Crippen molar-refractivity contribution in [2.45, 2.75) is 6.18 Å². The highest BCUT2D eigenvalue weighted by Gasteiger charge is 2.40. The summed E-state index contributed by atoms with van der Waals surface area (Å²) in [6, 6.07) is 1.39. The minimum Gasteiger partial charge on any atom is -0.392 e. The fourth-order valence-corrected chi connectivity index (χ4v) is 1.16. The normalized spacial score (nSPS) is 11.5. The first kappa shape index (κ1) is 11.6. The third-order valence-electron chi connectivity index (χ3n) is 1.65. The van der Waals surface area contributed by atoms with Crippen LogP contribution in [0.1, 0.15) is 5.56 Å². The van der Waals surface area contributed by atoms with Crippen LogP contribution in [0.15, 0.2) is 12.1 Å². The molecule has 1 aromatic rings. The minimum absolute atomic E-state index is 0.283. The maximum absolute atomic E-state index is 12.3. The summed E-state index contributed by atoms with van der Waals surface area (Å²) in [5.41, 5.74) is 1.80. The summed E-state index contributed by atoms with van der Waals surface area (Å²) in [6.45, 7) is 0. The molecule has 1 aromatic carbocycles. The third kappa shape index (κ3) is 2.12. The van der Waals surface area contributed by atoms with Gasteiger partial charge in [0, 0.05) is 0 Å². The van der Waals surface area contributed by atoms with E-state index in [0.29, 0.717) is 6.07 Å². The minimum atomic E-state index is -4.83. The van der Waals surface area contributed by atoms with E-state index < -0.39 is 28.0 Å². The van der Waals surface area contributed by atoms with Gasteiger partial charge in [-0.3, -0.25) is 10.1 Å². The van der Waals surface area contributed by atoms with Gasteiger partial charge in [-0.2, -0.15) is 13.2 Å². The molecule has 1 rings (SSSR count). The smallest absolute Gasteiger partial charge is 0.392 e. The lowest BCUT2D eigenvalue weighted by molar-refractivity contribution is -0.387. The van der Waals surface area contributed by atoms with E-state index in [4.69, 9.17) is 17.3 Å². The van der Waals surface area contributed by atoms with E-state index in [1.54, 1.807) is 0 Å². The Morgan fingerprint density at radius 3 is 2.33 bits per heavy atom. The van der Waals surface area contributed by atoms with Crippen molar-refractivity contribution < 1.29 is 18.1 Å². The Bertz CT molecular complexity index is 419. The Kier molecular flexibility index (Phi) is 2.76. The van der Waals surface area contributed by atoms with Gasteiger partial charge in [0.05, 0.1) is 9.95 Å². The van der Waals surface area contributed by atoms with Crippen LogP contribution in [0.25, 0.3) is 0 Å². The molecule has 0 unspecified atom stereocenters. The third-order valence-corrected chi connectivity index (χ3v) is 1.98. The number of nitrogen functional groups attached to an aromatic ring is 1. The zero-order valence-electron chi connectivity index (χ0n) is 7.01. The van der Waals surface area contributed by atoms with Crippen LogP contribution in [0.2, 0.25) is 5.02 Å². The quantitative estimate of drug-likeness (QED) is 0.466. The first-order valence-corrected chi connectivity index (χ1v) is 3.92. The van der Waals surface area contributed by atoms with Crippen LogP contribution < -0.4 is 5.73 Å². The van der Waals surface area contributed by atoms with Crippen molar-refractivity contribution in [1.82, 2.24) is 0 Å². The van der Waals surface area contributed by atoms with E-state index in [1.165, 1.54) is 0 Å². The molecule has 0 bridgehead atoms. The predicted octanol–water partition coefficient (Wildman–Crippen LogP) is 2.85. The van der Waals surface area contributed by atoms with E-state index in [-0.39, 0.29) is 5.02 Å². The maximum Gasteiger partial charge on any atom is 0.423 e. The van der Waals surface area contributed by atoms with E-state index in [1.807, 2.05) is 0 Å². The van der Waals surface area contributed by atoms with Crippen LogP contribution in [-0.2, 0) is 6.18 Å². The second-order valence-corrected chi connectivity index (χ2v) is 3.02. The average molecular weight is 241 g/mol. The molecule has 82 valence electrons. The Morgan fingerprint density at radius 1 is 1.40 bits per heavy atom. The molecule has 0 aliphatic heterocycles. The molecule has 15 heavy (non-hydrogen) atoms. The van der Waals surface area contributed by atoms with E-state index >= 15 is 0 Å². The summed E-state index contributed by atoms with van der Waals surface area (Å²) in [4.78, 5) is 9.20. The molecule has 0 spiro atoms. The number of rotatable bonds is 1. The summed E-state index contributed by atoms with van der Waals surface area (Å²) in [5.74, 6) is 0. The van der Waals surface area contributed by atoms with Crippen molar-refractivity contribution in [2.75, 3.05) is 5.73 Å². The van der Waals surface area contributed by atoms with Gasteiger partial charge in [0.1, 0.15) is 11.3 Å². The summed E-state index contributed by atoms with van der Waals surface area (Å²) < 4.78 is 37.0. The molecule has 0 atom stereocenters. The van der Waals surface area contributed by atoms with E-state index in [2.05, 4.69) is 0 Å². The number of nitrogens with two attached hydrogens (primary N) is 1. The molecular weight excluding hydrogens is 237 g/mol. The first-order valence-electron chi connectivity index (χ1n) is 3.54. The van der Waals surface area contributed by atoms with E-state index in [9.17, 15) is 23.3 Å². The molecule has 4 nitrogen and oxygen atoms in total. The molecule has 0 fully saturated rings. The number of nitro groups is 1. The summed E-state index contributed by atoms with van der Waals surface area (Å²) >= 11 is 5.38. The topological polar surface area (TPSA) is 69.2 Å². The lowest BCUT2D eigenvalue weighted by Crippen LogP contribution is -2.10. The van der Waals surface area contributed by atoms with Crippen LogP contribution in [0.3, 0.4) is 0 Å². The second kappa shape index (κ2) is 3.58. The fourth-order valence-electron chi connectivity index (χ4n) is 1.01. The van der Waals surface area contributed by atoms with Crippen molar-refractivity contribution in [1.29, 1.82) is 0 Å². The lowest BCUT2D eigenvalue weighted by Gasteiger charge is -2.09. The molecule has 0 amide bonds. The van der Waals surface area contributed by atoms with Crippen LogP contribution in [-0.4, -0.2) is 4.92 Å². The molecule has 0 saturated carbocycles. The van der Waals surface area contributed by atoms with Crippen LogP contribution in [0, 0.1) is 10.1 Å². The number of hydrogen-bond donors (Lipinski definition) is 1. The molecule has 0 aliphatic carbocycles. The number of nitrogens with zero attached hydrogens (tertiary/aromatic N) is 1. The molecule has 0 aromatic heterocycles. The van der Waals surface area contributed by atoms with Crippen molar-refractivity contribution in [3.63, 3.8) is 0 Å². The molecule has 8 heteroatoms. The molecule has 0 saturated heterocycles. The number of halogens is 4. The van der Waals surface area contributed by atoms with Crippen LogP contribution >= 0.6 is 11.6 Å². The van der Waals surface area contributed by atoms with Gasteiger partial charge in [-0.15, -0.1) is 0 Å². The zero-order valence-corrected chi connectivity index (χ0v) is 7.76. The number of benzene rings is 1. The highest BCUT2D eigenvalue weighted by molar-refractivity contribution is 6.33. The fraction of sp³-hybridized carbons (Fsp3) is 0.143. The largest absolute Gasteiger partial charge is 0.423 e. The van der Waals surface area contributed by atoms with Crippen molar-refractivity contribution in [3.05, 3.63) is 32.8 Å². The number of hydrogen-bond acceptors (Lipinski definition) is 3. The van der Waals surface area contributed by atoms with Crippen molar-refractivity contribution in [2.24, 2.45) is 0 Å². The number of anilines is 1. The van der Waals surface area contributed by atoms with Crippen LogP contribution in [0.5, 0.6) is 0 Å². The SMILES string of the molecule is Nc1c(Cl)ccc(C(F)(F)F)c1[N+](=O)[O-]. The Hall–Kier alpha value is -1.50. The lowest BCUT2D eigenvalue weighted by atomic mass is 10.1. The van der Waals surface area contributed by atoms with Gasteiger partial charge in [-0.05, 0) is 12.1 Å². The van der Waals surface area contributed by atoms with Gasteiger partial charge < -0.3 is 5.73 Å². The average Bonchev–Trinajstić information content (AvgIpc) is 2.06. The highest BCUT2D eigenvalue weighted by atomic mass is 35.5. The Morgan fingerprint density at radius 2 is 1.93 bits per heavy atom. The van der Waals surface area contributed by atoms with Crippen molar-refractivity contribution >= 4 is 23.0 Å². The van der Waals surface area contributed by atoms with Gasteiger partial charge in [-0.1, -0.05) is 11.6 Å². The molecular formula is C7H4ClF3N2O2. The van der Waals surface area contributed by atoms with Gasteiger partial charge in [-0.25, -0.2) is 0 Å². The molecule has 0 aliphatic rings. The van der Waals surface area contributed by atoms with Gasteiger partial charge in [0.15, 0.2) is 0 Å². The van der Waals surface area contributed by atoms with Crippen LogP contribution in [0.4, 0.5) is 24.5 Å². The zero-order chi connectivity index (χ0) is 11.8. The summed E-state index contributed by atoms with van der Waals surface area (Å²) in [6.07, 6.45) is -4.83. The van der Waals surface area contributed by atoms with Crippen molar-refractivity contribution in [3.8, 4) is 0 Å². The number of nitro benzene ring substituents is 1. The monoisotopic (exact) mass is 240 g/mol. The molecule has 0 radical (unpaired) electrons. The van der Waals surface area contributed by atoms with Gasteiger partial charge in [0.25, 0.3) is 0 Å². The molecule has 2 N–H and O–H groups in total. The summed E-state index contributed by atoms with van der Waals surface area (Å²) in [7, 11) is 0. The maximum atomic E-state index is 12.3. The Balaban J connectivity index is 3.55. The molecule has 0 heterocycles. The second-order valence-electron chi connectivity index (χ2n) is 2.61. The highest BCUT2D eigenvalue weighted by Crippen LogP contribution is 2.41. The van der Waals surface area contributed by atoms with Gasteiger partial charge in [0.2, 0.25) is 0 Å².